The van der Waals surface area contributed by atoms with E-state index in [0.29, 0.717) is 11.4 Å². The molecule has 6 heteroatoms. The molecule has 0 aliphatic heterocycles. The van der Waals surface area contributed by atoms with Gasteiger partial charge in [0.25, 0.3) is 5.91 Å². The van der Waals surface area contributed by atoms with Crippen molar-refractivity contribution in [2.75, 3.05) is 31.5 Å². The van der Waals surface area contributed by atoms with E-state index < -0.39 is 0 Å². The number of carbonyl (C=O) groups excluding carboxylic acids is 1. The summed E-state index contributed by atoms with van der Waals surface area (Å²) in [6.07, 6.45) is 0. The molecule has 5 nitrogen and oxygen atoms in total. The van der Waals surface area contributed by atoms with Gasteiger partial charge < -0.3 is 15.5 Å². The summed E-state index contributed by atoms with van der Waals surface area (Å²) in [6.45, 7) is 13.8. The van der Waals surface area contributed by atoms with Crippen LogP contribution < -0.4 is 10.6 Å². The van der Waals surface area contributed by atoms with Crippen LogP contribution in [0.4, 0.5) is 10.8 Å². The summed E-state index contributed by atoms with van der Waals surface area (Å²) in [6, 6.07) is 6.24. The monoisotopic (exact) mass is 360 g/mol. The Bertz CT molecular complexity index is 722. The van der Waals surface area contributed by atoms with Gasteiger partial charge in [0.15, 0.2) is 5.13 Å². The number of hydrogen-bond donors (Lipinski definition) is 2. The number of hydrogen-bond acceptors (Lipinski definition) is 5. The van der Waals surface area contributed by atoms with Gasteiger partial charge in [0.05, 0.1) is 5.69 Å². The predicted octanol–water partition coefficient (Wildman–Crippen LogP) is 3.88. The van der Waals surface area contributed by atoms with Crippen LogP contribution in [0, 0.1) is 20.8 Å². The fourth-order valence-corrected chi connectivity index (χ4v) is 3.57. The summed E-state index contributed by atoms with van der Waals surface area (Å²) in [5, 5.41) is 7.07. The van der Waals surface area contributed by atoms with E-state index in [1.165, 1.54) is 16.9 Å². The molecule has 2 aromatic rings. The summed E-state index contributed by atoms with van der Waals surface area (Å²) in [5.74, 6) is -0.0455. The predicted molar refractivity (Wildman–Crippen MR) is 106 cm³/mol. The number of aromatic nitrogens is 1. The Morgan fingerprint density at radius 2 is 1.92 bits per heavy atom. The highest BCUT2D eigenvalue weighted by Gasteiger charge is 2.15. The Hall–Kier alpha value is -1.92. The third-order valence-electron chi connectivity index (χ3n) is 4.23. The second kappa shape index (κ2) is 8.97. The molecule has 0 aliphatic rings. The first-order chi connectivity index (χ1) is 11.9. The molecular formula is C19H28N4OS. The van der Waals surface area contributed by atoms with Gasteiger partial charge in [0.1, 0.15) is 4.88 Å². The highest BCUT2D eigenvalue weighted by molar-refractivity contribution is 7.17. The number of likely N-dealkylation sites (N-methyl/N-ethyl adjacent to an activating group) is 1. The quantitative estimate of drug-likeness (QED) is 0.750. The van der Waals surface area contributed by atoms with Gasteiger partial charge in [0.2, 0.25) is 0 Å². The average molecular weight is 361 g/mol. The van der Waals surface area contributed by atoms with E-state index in [1.54, 1.807) is 0 Å². The molecule has 1 heterocycles. The summed E-state index contributed by atoms with van der Waals surface area (Å²) < 4.78 is 0. The standard InChI is InChI=1S/C19H28N4OS/c1-6-23(7-2)11-10-20-18(24)17-15(5)21-19(25-17)22-16-9-8-13(3)12-14(16)4/h8-9,12H,6-7,10-11H2,1-5H3,(H,20,24)(H,21,22). The Labute approximate surface area is 154 Å². The first-order valence-electron chi connectivity index (χ1n) is 8.76. The smallest absolute Gasteiger partial charge is 0.263 e. The molecule has 25 heavy (non-hydrogen) atoms. The lowest BCUT2D eigenvalue weighted by molar-refractivity contribution is 0.0952. The third kappa shape index (κ3) is 5.28. The molecule has 1 aromatic carbocycles. The number of nitrogens with one attached hydrogen (secondary N) is 2. The van der Waals surface area contributed by atoms with Crippen LogP contribution in [0.5, 0.6) is 0 Å². The Kier molecular flexibility index (Phi) is 6.96. The van der Waals surface area contributed by atoms with Crippen molar-refractivity contribution in [3.05, 3.63) is 39.9 Å². The maximum Gasteiger partial charge on any atom is 0.263 e. The first-order valence-corrected chi connectivity index (χ1v) is 9.58. The number of amides is 1. The Morgan fingerprint density at radius 3 is 2.56 bits per heavy atom. The molecule has 2 rings (SSSR count). The molecule has 0 aliphatic carbocycles. The zero-order chi connectivity index (χ0) is 18.4. The number of anilines is 2. The third-order valence-corrected chi connectivity index (χ3v) is 5.31. The topological polar surface area (TPSA) is 57.3 Å². The van der Waals surface area contributed by atoms with Gasteiger partial charge in [-0.05, 0) is 45.5 Å². The normalized spacial score (nSPS) is 11.0. The van der Waals surface area contributed by atoms with Gasteiger partial charge in [-0.1, -0.05) is 42.9 Å². The van der Waals surface area contributed by atoms with Gasteiger partial charge in [-0.2, -0.15) is 0 Å². The molecule has 0 spiro atoms. The largest absolute Gasteiger partial charge is 0.350 e. The average Bonchev–Trinajstić information content (AvgIpc) is 2.94. The van der Waals surface area contributed by atoms with Crippen molar-refractivity contribution in [1.82, 2.24) is 15.2 Å². The summed E-state index contributed by atoms with van der Waals surface area (Å²) >= 11 is 1.40. The number of benzene rings is 1. The second-order valence-corrected chi connectivity index (χ2v) is 7.16. The van der Waals surface area contributed by atoms with Gasteiger partial charge in [-0.15, -0.1) is 0 Å². The summed E-state index contributed by atoms with van der Waals surface area (Å²) in [4.78, 5) is 19.9. The molecule has 1 aromatic heterocycles. The second-order valence-electron chi connectivity index (χ2n) is 6.16. The highest BCUT2D eigenvalue weighted by Crippen LogP contribution is 2.27. The molecule has 0 atom stereocenters. The van der Waals surface area contributed by atoms with Crippen LogP contribution in [0.25, 0.3) is 0 Å². The fraction of sp³-hybridized carbons (Fsp3) is 0.474. The number of nitrogens with zero attached hydrogens (tertiary/aromatic N) is 2. The van der Waals surface area contributed by atoms with Crippen LogP contribution in [0.15, 0.2) is 18.2 Å². The van der Waals surface area contributed by atoms with E-state index >= 15 is 0 Å². The lowest BCUT2D eigenvalue weighted by atomic mass is 10.1. The SMILES string of the molecule is CCN(CC)CCNC(=O)c1sc(Nc2ccc(C)cc2C)nc1C. The van der Waals surface area contributed by atoms with Crippen molar-refractivity contribution in [3.8, 4) is 0 Å². The van der Waals surface area contributed by atoms with Gasteiger partial charge >= 0.3 is 0 Å². The zero-order valence-corrected chi connectivity index (χ0v) is 16.6. The molecule has 0 saturated carbocycles. The molecule has 0 saturated heterocycles. The van der Waals surface area contributed by atoms with Gasteiger partial charge in [0, 0.05) is 18.8 Å². The first kappa shape index (κ1) is 19.4. The number of thiazole rings is 1. The lowest BCUT2D eigenvalue weighted by Crippen LogP contribution is -2.34. The van der Waals surface area contributed by atoms with E-state index in [2.05, 4.69) is 60.3 Å². The van der Waals surface area contributed by atoms with Crippen LogP contribution >= 0.6 is 11.3 Å². The number of carbonyl (C=O) groups is 1. The van der Waals surface area contributed by atoms with Crippen molar-refractivity contribution < 1.29 is 4.79 Å². The number of aryl methyl sites for hydroxylation is 3. The van der Waals surface area contributed by atoms with Gasteiger partial charge in [-0.3, -0.25) is 4.79 Å². The van der Waals surface area contributed by atoms with E-state index in [0.717, 1.165) is 41.7 Å². The minimum Gasteiger partial charge on any atom is -0.350 e. The zero-order valence-electron chi connectivity index (χ0n) is 15.8. The van der Waals surface area contributed by atoms with Crippen LogP contribution in [-0.4, -0.2) is 42.0 Å². The minimum atomic E-state index is -0.0455. The molecule has 0 fully saturated rings. The van der Waals surface area contributed by atoms with Gasteiger partial charge in [-0.25, -0.2) is 4.98 Å². The summed E-state index contributed by atoms with van der Waals surface area (Å²) in [5.41, 5.74) is 4.18. The van der Waals surface area contributed by atoms with Crippen molar-refractivity contribution in [3.63, 3.8) is 0 Å². The maximum absolute atomic E-state index is 12.4. The van der Waals surface area contributed by atoms with Crippen molar-refractivity contribution in [1.29, 1.82) is 0 Å². The van der Waals surface area contributed by atoms with E-state index in [1.807, 2.05) is 13.0 Å². The Morgan fingerprint density at radius 1 is 1.20 bits per heavy atom. The van der Waals surface area contributed by atoms with Crippen LogP contribution in [0.2, 0.25) is 0 Å². The van der Waals surface area contributed by atoms with Crippen LogP contribution in [0.3, 0.4) is 0 Å². The van der Waals surface area contributed by atoms with Crippen molar-refractivity contribution >= 4 is 28.1 Å². The van der Waals surface area contributed by atoms with Crippen LogP contribution in [0.1, 0.15) is 40.3 Å². The highest BCUT2D eigenvalue weighted by atomic mass is 32.1. The van der Waals surface area contributed by atoms with E-state index in [9.17, 15) is 4.79 Å². The minimum absolute atomic E-state index is 0.0455. The van der Waals surface area contributed by atoms with E-state index in [4.69, 9.17) is 0 Å². The molecular weight excluding hydrogens is 332 g/mol. The molecule has 1 amide bonds. The van der Waals surface area contributed by atoms with Crippen LogP contribution in [-0.2, 0) is 0 Å². The Balaban J connectivity index is 2.00. The molecule has 136 valence electrons. The molecule has 0 unspecified atom stereocenters. The van der Waals surface area contributed by atoms with E-state index in [-0.39, 0.29) is 5.91 Å². The van der Waals surface area contributed by atoms with Crippen molar-refractivity contribution in [2.45, 2.75) is 34.6 Å². The maximum atomic E-state index is 12.4. The fourth-order valence-electron chi connectivity index (χ4n) is 2.68. The molecule has 0 radical (unpaired) electrons. The lowest BCUT2D eigenvalue weighted by Gasteiger charge is -2.17. The molecule has 2 N–H and O–H groups in total. The number of rotatable bonds is 8. The van der Waals surface area contributed by atoms with Crippen molar-refractivity contribution in [2.24, 2.45) is 0 Å². The summed E-state index contributed by atoms with van der Waals surface area (Å²) in [7, 11) is 0. The molecule has 0 bridgehead atoms.